The highest BCUT2D eigenvalue weighted by molar-refractivity contribution is 6.34. The molecule has 0 spiro atoms. The van der Waals surface area contributed by atoms with Gasteiger partial charge in [0.05, 0.1) is 6.54 Å². The third kappa shape index (κ3) is 2.44. The van der Waals surface area contributed by atoms with Crippen molar-refractivity contribution < 1.29 is 8.78 Å². The summed E-state index contributed by atoms with van der Waals surface area (Å²) in [6.45, 7) is -0.389. The van der Waals surface area contributed by atoms with Gasteiger partial charge in [0.2, 0.25) is 0 Å². The van der Waals surface area contributed by atoms with Crippen LogP contribution in [-0.2, 0) is 0 Å². The number of rotatable bonds is 3. The van der Waals surface area contributed by atoms with E-state index in [9.17, 15) is 8.78 Å². The van der Waals surface area contributed by atoms with E-state index in [1.54, 1.807) is 25.2 Å². The quantitative estimate of drug-likeness (QED) is 0.846. The highest BCUT2D eigenvalue weighted by atomic mass is 35.5. The molecule has 0 amide bonds. The van der Waals surface area contributed by atoms with Gasteiger partial charge in [-0.25, -0.2) is 8.78 Å². The fourth-order valence-electron chi connectivity index (χ4n) is 1.63. The lowest BCUT2D eigenvalue weighted by molar-refractivity contribution is 0.156. The van der Waals surface area contributed by atoms with Gasteiger partial charge in [-0.2, -0.15) is 0 Å². The first kappa shape index (κ1) is 12.0. The average molecular weight is 258 g/mol. The van der Waals surface area contributed by atoms with Gasteiger partial charge in [0.25, 0.3) is 6.43 Å². The van der Waals surface area contributed by atoms with Crippen LogP contribution in [0.5, 0.6) is 0 Å². The van der Waals surface area contributed by atoms with Crippen LogP contribution < -0.4 is 4.90 Å². The highest BCUT2D eigenvalue weighted by Crippen LogP contribution is 2.27. The Balaban J connectivity index is 2.51. The molecule has 0 saturated carbocycles. The smallest absolute Gasteiger partial charge is 0.255 e. The lowest BCUT2D eigenvalue weighted by Crippen LogP contribution is -2.25. The average Bonchev–Trinajstić information content (AvgIpc) is 2.29. The third-order valence-corrected chi connectivity index (χ3v) is 2.68. The van der Waals surface area contributed by atoms with Crippen LogP contribution in [0.25, 0.3) is 10.8 Å². The molecule has 6 heteroatoms. The van der Waals surface area contributed by atoms with Gasteiger partial charge in [0.15, 0.2) is 11.0 Å². The molecule has 0 unspecified atom stereocenters. The molecule has 90 valence electrons. The minimum Gasteiger partial charge on any atom is -0.352 e. The first-order chi connectivity index (χ1) is 8.09. The Kier molecular flexibility index (Phi) is 3.38. The van der Waals surface area contributed by atoms with E-state index >= 15 is 0 Å². The van der Waals surface area contributed by atoms with Crippen LogP contribution in [0, 0.1) is 0 Å². The van der Waals surface area contributed by atoms with Crippen LogP contribution in [0.2, 0.25) is 5.15 Å². The van der Waals surface area contributed by atoms with Crippen molar-refractivity contribution in [3.8, 4) is 0 Å². The zero-order chi connectivity index (χ0) is 12.4. The van der Waals surface area contributed by atoms with Crippen molar-refractivity contribution in [3.05, 3.63) is 29.4 Å². The Hall–Kier alpha value is -1.49. The molecule has 1 aromatic heterocycles. The zero-order valence-electron chi connectivity index (χ0n) is 9.07. The number of nitrogens with zero attached hydrogens (tertiary/aromatic N) is 3. The topological polar surface area (TPSA) is 29.0 Å². The molecule has 3 nitrogen and oxygen atoms in total. The fraction of sp³-hybridized carbons (Fsp3) is 0.273. The van der Waals surface area contributed by atoms with E-state index in [-0.39, 0.29) is 11.7 Å². The summed E-state index contributed by atoms with van der Waals surface area (Å²) >= 11 is 5.90. The summed E-state index contributed by atoms with van der Waals surface area (Å²) < 4.78 is 24.7. The lowest BCUT2D eigenvalue weighted by atomic mass is 10.2. The number of hydrogen-bond acceptors (Lipinski definition) is 3. The maximum Gasteiger partial charge on any atom is 0.255 e. The monoisotopic (exact) mass is 257 g/mol. The summed E-state index contributed by atoms with van der Waals surface area (Å²) in [6.07, 6.45) is -2.42. The summed E-state index contributed by atoms with van der Waals surface area (Å²) in [5.74, 6) is 0.408. The number of aromatic nitrogens is 2. The second-order valence-electron chi connectivity index (χ2n) is 3.63. The number of hydrogen-bond donors (Lipinski definition) is 0. The Morgan fingerprint density at radius 1 is 1.24 bits per heavy atom. The molecule has 17 heavy (non-hydrogen) atoms. The number of alkyl halides is 2. The first-order valence-electron chi connectivity index (χ1n) is 5.00. The second kappa shape index (κ2) is 4.79. The predicted octanol–water partition coefficient (Wildman–Crippen LogP) is 2.98. The zero-order valence-corrected chi connectivity index (χ0v) is 9.83. The van der Waals surface area contributed by atoms with Crippen molar-refractivity contribution >= 4 is 28.2 Å². The van der Waals surface area contributed by atoms with Gasteiger partial charge in [0, 0.05) is 17.8 Å². The van der Waals surface area contributed by atoms with Crippen LogP contribution in [0.3, 0.4) is 0 Å². The third-order valence-electron chi connectivity index (χ3n) is 2.40. The van der Waals surface area contributed by atoms with Crippen molar-refractivity contribution in [1.29, 1.82) is 0 Å². The van der Waals surface area contributed by atoms with Crippen LogP contribution >= 0.6 is 11.6 Å². The largest absolute Gasteiger partial charge is 0.352 e. The molecule has 0 aliphatic rings. The molecule has 0 fully saturated rings. The van der Waals surface area contributed by atoms with E-state index in [4.69, 9.17) is 11.6 Å². The summed E-state index contributed by atoms with van der Waals surface area (Å²) in [6, 6.07) is 7.19. The van der Waals surface area contributed by atoms with Gasteiger partial charge >= 0.3 is 0 Å². The van der Waals surface area contributed by atoms with E-state index in [0.29, 0.717) is 11.2 Å². The van der Waals surface area contributed by atoms with Crippen molar-refractivity contribution in [2.45, 2.75) is 6.43 Å². The maximum atomic E-state index is 12.3. The van der Waals surface area contributed by atoms with E-state index in [1.165, 1.54) is 4.90 Å². The molecule has 2 rings (SSSR count). The van der Waals surface area contributed by atoms with Crippen molar-refractivity contribution in [2.75, 3.05) is 18.5 Å². The predicted molar refractivity (Wildman–Crippen MR) is 63.8 cm³/mol. The highest BCUT2D eigenvalue weighted by Gasteiger charge is 2.14. The van der Waals surface area contributed by atoms with Crippen LogP contribution in [0.4, 0.5) is 14.6 Å². The van der Waals surface area contributed by atoms with Crippen LogP contribution in [0.1, 0.15) is 0 Å². The number of benzene rings is 1. The summed E-state index contributed by atoms with van der Waals surface area (Å²) in [4.78, 5) is 1.37. The molecule has 0 N–H and O–H groups in total. The Bertz CT molecular complexity index is 533. The molecule has 0 saturated heterocycles. The molecule has 0 atom stereocenters. The molecule has 1 aromatic carbocycles. The Morgan fingerprint density at radius 2 is 1.88 bits per heavy atom. The molecule has 0 bridgehead atoms. The van der Waals surface area contributed by atoms with E-state index in [0.717, 1.165) is 5.39 Å². The van der Waals surface area contributed by atoms with Crippen molar-refractivity contribution in [2.24, 2.45) is 0 Å². The maximum absolute atomic E-state index is 12.3. The minimum absolute atomic E-state index is 0.273. The molecule has 0 aliphatic heterocycles. The summed E-state index contributed by atoms with van der Waals surface area (Å²) in [5, 5.41) is 9.33. The standard InChI is InChI=1S/C11H10ClF2N3/c1-17(6-9(13)14)11-8-5-3-2-4-7(8)10(12)15-16-11/h2-5,9H,6H2,1H3. The molecule has 1 heterocycles. The molecule has 2 aromatic rings. The number of anilines is 1. The van der Waals surface area contributed by atoms with E-state index in [1.807, 2.05) is 6.07 Å². The number of halogens is 3. The lowest BCUT2D eigenvalue weighted by Gasteiger charge is -2.18. The van der Waals surface area contributed by atoms with Gasteiger partial charge in [0.1, 0.15) is 0 Å². The van der Waals surface area contributed by atoms with Gasteiger partial charge < -0.3 is 4.90 Å². The van der Waals surface area contributed by atoms with Crippen molar-refractivity contribution in [1.82, 2.24) is 10.2 Å². The Morgan fingerprint density at radius 3 is 2.53 bits per heavy atom. The van der Waals surface area contributed by atoms with Gasteiger partial charge in [-0.1, -0.05) is 35.9 Å². The molecule has 0 aliphatic carbocycles. The minimum atomic E-state index is -2.42. The van der Waals surface area contributed by atoms with Crippen LogP contribution in [-0.4, -0.2) is 30.2 Å². The van der Waals surface area contributed by atoms with Gasteiger partial charge in [-0.05, 0) is 0 Å². The van der Waals surface area contributed by atoms with E-state index in [2.05, 4.69) is 10.2 Å². The van der Waals surface area contributed by atoms with E-state index < -0.39 is 6.43 Å². The fourth-order valence-corrected chi connectivity index (χ4v) is 1.84. The first-order valence-corrected chi connectivity index (χ1v) is 5.37. The molecule has 0 radical (unpaired) electrons. The normalized spacial score (nSPS) is 11.1. The summed E-state index contributed by atoms with van der Waals surface area (Å²) in [7, 11) is 1.55. The van der Waals surface area contributed by atoms with Crippen molar-refractivity contribution in [3.63, 3.8) is 0 Å². The second-order valence-corrected chi connectivity index (χ2v) is 3.99. The Labute approximate surface area is 102 Å². The summed E-state index contributed by atoms with van der Waals surface area (Å²) in [5.41, 5.74) is 0. The van der Waals surface area contributed by atoms with Gasteiger partial charge in [-0.3, -0.25) is 0 Å². The number of fused-ring (bicyclic) bond motifs is 1. The van der Waals surface area contributed by atoms with Gasteiger partial charge in [-0.15, -0.1) is 10.2 Å². The van der Waals surface area contributed by atoms with Crippen LogP contribution in [0.15, 0.2) is 24.3 Å². The molecular weight excluding hydrogens is 248 g/mol. The SMILES string of the molecule is CN(CC(F)F)c1nnc(Cl)c2ccccc12. The molecular formula is C11H10ClF2N3.